The van der Waals surface area contributed by atoms with Crippen LogP contribution in [-0.4, -0.2) is 22.5 Å². The quantitative estimate of drug-likeness (QED) is 0.515. The Morgan fingerprint density at radius 3 is 2.22 bits per heavy atom. The molecule has 1 fully saturated rings. The van der Waals surface area contributed by atoms with Crippen LogP contribution < -0.4 is 0 Å². The van der Waals surface area contributed by atoms with Gasteiger partial charge in [0.15, 0.2) is 22.8 Å². The first-order valence-electron chi connectivity index (χ1n) is 9.39. The summed E-state index contributed by atoms with van der Waals surface area (Å²) in [6.45, 7) is 19.1. The molecule has 0 aromatic heterocycles. The molecular weight excluding hydrogens is 340 g/mol. The molecule has 0 spiro atoms. The first kappa shape index (κ1) is 21.1. The summed E-state index contributed by atoms with van der Waals surface area (Å²) >= 11 is 0. The lowest BCUT2D eigenvalue weighted by Crippen LogP contribution is -2.61. The van der Waals surface area contributed by atoms with E-state index >= 15 is 0 Å². The Morgan fingerprint density at radius 1 is 1.15 bits per heavy atom. The molecular formula is C23H30O4. The lowest BCUT2D eigenvalue weighted by Gasteiger charge is -2.49. The molecule has 27 heavy (non-hydrogen) atoms. The highest BCUT2D eigenvalue weighted by molar-refractivity contribution is 6.33. The zero-order valence-electron chi connectivity index (χ0n) is 16.9. The van der Waals surface area contributed by atoms with Crippen LogP contribution >= 0.6 is 0 Å². The number of ketones is 3. The number of carbonyl (C=O) groups excluding carboxylic acids is 3. The molecule has 0 radical (unpaired) electrons. The molecule has 0 aromatic carbocycles. The molecule has 0 saturated heterocycles. The Morgan fingerprint density at radius 2 is 1.74 bits per heavy atom. The highest BCUT2D eigenvalue weighted by atomic mass is 16.3. The van der Waals surface area contributed by atoms with Crippen molar-refractivity contribution in [3.63, 3.8) is 0 Å². The summed E-state index contributed by atoms with van der Waals surface area (Å²) in [5, 5.41) is 11.1. The summed E-state index contributed by atoms with van der Waals surface area (Å²) in [5.74, 6) is -1.63. The van der Waals surface area contributed by atoms with E-state index in [1.807, 2.05) is 13.8 Å². The first-order chi connectivity index (χ1) is 12.4. The van der Waals surface area contributed by atoms with E-state index in [1.54, 1.807) is 13.8 Å². The van der Waals surface area contributed by atoms with E-state index in [2.05, 4.69) is 19.7 Å². The summed E-state index contributed by atoms with van der Waals surface area (Å²) in [6, 6.07) is 0. The second-order valence-electron chi connectivity index (χ2n) is 8.87. The predicted octanol–water partition coefficient (Wildman–Crippen LogP) is 4.82. The van der Waals surface area contributed by atoms with Crippen molar-refractivity contribution in [2.24, 2.45) is 16.7 Å². The van der Waals surface area contributed by atoms with E-state index in [0.717, 1.165) is 0 Å². The molecule has 1 N–H and O–H groups in total. The van der Waals surface area contributed by atoms with Gasteiger partial charge in [-0.3, -0.25) is 14.4 Å². The second kappa shape index (κ2) is 7.06. The molecule has 0 amide bonds. The number of rotatable bonds is 7. The largest absolute Gasteiger partial charge is 0.511 e. The Hall–Kier alpha value is -2.23. The molecule has 146 valence electrons. The second-order valence-corrected chi connectivity index (χ2v) is 8.87. The number of hydrogen-bond acceptors (Lipinski definition) is 4. The number of aliphatic hydroxyl groups excluding tert-OH is 1. The van der Waals surface area contributed by atoms with E-state index in [-0.39, 0.29) is 55.1 Å². The molecule has 0 heterocycles. The van der Waals surface area contributed by atoms with Crippen LogP contribution in [0.1, 0.15) is 59.8 Å². The third kappa shape index (κ3) is 3.26. The predicted molar refractivity (Wildman–Crippen MR) is 106 cm³/mol. The van der Waals surface area contributed by atoms with Crippen LogP contribution in [-0.2, 0) is 14.4 Å². The molecule has 0 aromatic rings. The Labute approximate surface area is 161 Å². The summed E-state index contributed by atoms with van der Waals surface area (Å²) < 4.78 is 0. The fraction of sp³-hybridized carbons (Fsp3) is 0.522. The van der Waals surface area contributed by atoms with Gasteiger partial charge in [0, 0.05) is 12.0 Å². The van der Waals surface area contributed by atoms with Crippen molar-refractivity contribution in [1.82, 2.24) is 0 Å². The first-order valence-corrected chi connectivity index (χ1v) is 9.39. The van der Waals surface area contributed by atoms with Gasteiger partial charge in [0.2, 0.25) is 0 Å². The van der Waals surface area contributed by atoms with Gasteiger partial charge >= 0.3 is 0 Å². The van der Waals surface area contributed by atoms with Gasteiger partial charge in [0.1, 0.15) is 5.76 Å². The maximum atomic E-state index is 13.7. The monoisotopic (exact) mass is 370 g/mol. The third-order valence-electron chi connectivity index (χ3n) is 5.44. The van der Waals surface area contributed by atoms with Gasteiger partial charge in [0.05, 0.1) is 5.41 Å². The summed E-state index contributed by atoms with van der Waals surface area (Å²) in [5.41, 5.74) is -0.916. The van der Waals surface area contributed by atoms with Gasteiger partial charge < -0.3 is 5.11 Å². The van der Waals surface area contributed by atoms with E-state index < -0.39 is 22.4 Å². The number of Topliss-reactive ketones (excluding diaryl/α,β-unsaturated/α-hetero) is 3. The number of aliphatic hydroxyl groups is 1. The van der Waals surface area contributed by atoms with Crippen LogP contribution in [0.2, 0.25) is 0 Å². The number of hydrogen-bond donors (Lipinski definition) is 1. The highest BCUT2D eigenvalue weighted by Gasteiger charge is 2.67. The van der Waals surface area contributed by atoms with Crippen molar-refractivity contribution in [1.29, 1.82) is 0 Å². The number of allylic oxidation sites excluding steroid dienone is 5. The van der Waals surface area contributed by atoms with E-state index in [4.69, 9.17) is 0 Å². The van der Waals surface area contributed by atoms with Crippen molar-refractivity contribution < 1.29 is 19.5 Å². The van der Waals surface area contributed by atoms with Crippen LogP contribution in [0.4, 0.5) is 0 Å². The zero-order valence-corrected chi connectivity index (χ0v) is 16.9. The smallest absolute Gasteiger partial charge is 0.183 e. The van der Waals surface area contributed by atoms with Crippen LogP contribution in [0.3, 0.4) is 0 Å². The summed E-state index contributed by atoms with van der Waals surface area (Å²) in [4.78, 5) is 40.4. The third-order valence-corrected chi connectivity index (χ3v) is 5.44. The Bertz CT molecular complexity index is 791. The maximum absolute atomic E-state index is 13.7. The normalized spacial score (nSPS) is 28.0. The van der Waals surface area contributed by atoms with Crippen molar-refractivity contribution in [3.05, 3.63) is 47.8 Å². The van der Waals surface area contributed by atoms with Gasteiger partial charge in [-0.25, -0.2) is 0 Å². The molecule has 2 aliphatic rings. The molecule has 2 aliphatic carbocycles. The number of fused-ring (bicyclic) bond motifs is 2. The van der Waals surface area contributed by atoms with Gasteiger partial charge in [-0.1, -0.05) is 43.7 Å². The highest BCUT2D eigenvalue weighted by Crippen LogP contribution is 2.58. The summed E-state index contributed by atoms with van der Waals surface area (Å²) in [7, 11) is 0. The van der Waals surface area contributed by atoms with Gasteiger partial charge in [0.25, 0.3) is 0 Å². The summed E-state index contributed by atoms with van der Waals surface area (Å²) in [6.07, 6.45) is 0.740. The standard InChI is InChI=1S/C23H30O4/c1-13(2)8-17-19(25)22(10-15(5)6)11-16(7)12-23(20(17)26,21(22)27)18(24)9-14(3)4/h14,25H,1,5,7-12H2,2-4,6H3/t22-,23-/m0/s1. The van der Waals surface area contributed by atoms with Gasteiger partial charge in [-0.2, -0.15) is 0 Å². The van der Waals surface area contributed by atoms with Crippen LogP contribution in [0.5, 0.6) is 0 Å². The molecule has 0 unspecified atom stereocenters. The van der Waals surface area contributed by atoms with Crippen molar-refractivity contribution in [2.45, 2.75) is 59.8 Å². The SMILES string of the molecule is C=C(C)CC1=C(O)[C@]2(CC(=C)C)CC(=C)C[C@](C(=O)CC(C)C)(C1=O)C2=O. The van der Waals surface area contributed by atoms with E-state index in [0.29, 0.717) is 16.7 Å². The average Bonchev–Trinajstić information content (AvgIpc) is 2.51. The minimum absolute atomic E-state index is 0.0160. The van der Waals surface area contributed by atoms with Crippen molar-refractivity contribution >= 4 is 17.3 Å². The molecule has 4 nitrogen and oxygen atoms in total. The number of carbonyl (C=O) groups is 3. The molecule has 2 bridgehead atoms. The lowest BCUT2D eigenvalue weighted by molar-refractivity contribution is -0.157. The van der Waals surface area contributed by atoms with Crippen LogP contribution in [0.25, 0.3) is 0 Å². The Kier molecular flexibility index (Phi) is 5.51. The van der Waals surface area contributed by atoms with Crippen molar-refractivity contribution in [2.75, 3.05) is 0 Å². The minimum atomic E-state index is -1.77. The lowest BCUT2D eigenvalue weighted by atomic mass is 9.49. The van der Waals surface area contributed by atoms with Crippen molar-refractivity contribution in [3.8, 4) is 0 Å². The van der Waals surface area contributed by atoms with E-state index in [1.165, 1.54) is 0 Å². The van der Waals surface area contributed by atoms with Gasteiger partial charge in [-0.05, 0) is 45.4 Å². The maximum Gasteiger partial charge on any atom is 0.183 e. The van der Waals surface area contributed by atoms with Crippen LogP contribution in [0.15, 0.2) is 47.8 Å². The molecule has 0 aliphatic heterocycles. The fourth-order valence-electron chi connectivity index (χ4n) is 4.57. The minimum Gasteiger partial charge on any atom is -0.511 e. The Balaban J connectivity index is 2.81. The van der Waals surface area contributed by atoms with E-state index in [9.17, 15) is 19.5 Å². The zero-order chi connectivity index (χ0) is 20.7. The fourth-order valence-corrected chi connectivity index (χ4v) is 4.57. The molecule has 1 saturated carbocycles. The molecule has 2 atom stereocenters. The van der Waals surface area contributed by atoms with Crippen LogP contribution in [0, 0.1) is 16.7 Å². The topological polar surface area (TPSA) is 71.4 Å². The molecule has 4 heteroatoms. The molecule has 2 rings (SSSR count). The average molecular weight is 370 g/mol. The van der Waals surface area contributed by atoms with Gasteiger partial charge in [-0.15, -0.1) is 6.58 Å².